The van der Waals surface area contributed by atoms with Crippen molar-refractivity contribution in [3.63, 3.8) is 0 Å². The summed E-state index contributed by atoms with van der Waals surface area (Å²) >= 11 is 0. The number of carboxylic acid groups (broad SMARTS) is 1. The second-order valence-corrected chi connectivity index (χ2v) is 8.13. The van der Waals surface area contributed by atoms with E-state index in [9.17, 15) is 34.5 Å². The molecule has 1 heterocycles. The number of aromatic hydroxyl groups is 1. The second kappa shape index (κ2) is 13.2. The number of nitrogens with zero attached hydrogens (tertiary/aromatic N) is 1. The van der Waals surface area contributed by atoms with Crippen molar-refractivity contribution in [3.05, 3.63) is 48.0 Å². The maximum Gasteiger partial charge on any atom is 0.328 e. The number of nitrogens with two attached hydrogens (primary N) is 1. The lowest BCUT2D eigenvalue weighted by molar-refractivity contribution is -0.145. The largest absolute Gasteiger partial charge is 0.508 e. The van der Waals surface area contributed by atoms with Gasteiger partial charge in [-0.1, -0.05) is 12.1 Å². The summed E-state index contributed by atoms with van der Waals surface area (Å²) < 4.78 is 0. The lowest BCUT2D eigenvalue weighted by atomic mass is 10.0. The molecule has 0 spiro atoms. The van der Waals surface area contributed by atoms with E-state index in [1.165, 1.54) is 43.7 Å². The van der Waals surface area contributed by atoms with Gasteiger partial charge >= 0.3 is 5.97 Å². The number of aliphatic hydroxyl groups excluding tert-OH is 2. The van der Waals surface area contributed by atoms with E-state index in [1.54, 1.807) is 0 Å². The molecule has 1 aromatic heterocycles. The SMILES string of the molecule is CC(O)C(NC(=O)C(Cc1ccc(O)cc1)NC(=O)C(Cc1cnc[nH]1)NC(=O)C(N)CO)C(=O)O. The number of aliphatic carboxylic acids is 1. The normalized spacial score (nSPS) is 15.1. The molecular formula is C22H30N6O8. The number of H-pyrrole nitrogens is 1. The Labute approximate surface area is 205 Å². The minimum atomic E-state index is -1.64. The van der Waals surface area contributed by atoms with Crippen LogP contribution in [0.25, 0.3) is 0 Å². The van der Waals surface area contributed by atoms with Crippen molar-refractivity contribution in [2.45, 2.75) is 50.0 Å². The molecule has 10 N–H and O–H groups in total. The van der Waals surface area contributed by atoms with Gasteiger partial charge in [-0.25, -0.2) is 9.78 Å². The van der Waals surface area contributed by atoms with Crippen LogP contribution in [0, 0.1) is 0 Å². The van der Waals surface area contributed by atoms with Crippen LogP contribution in [0.3, 0.4) is 0 Å². The van der Waals surface area contributed by atoms with E-state index in [0.29, 0.717) is 11.3 Å². The lowest BCUT2D eigenvalue weighted by Crippen LogP contribution is -2.59. The predicted molar refractivity (Wildman–Crippen MR) is 124 cm³/mol. The Bertz CT molecular complexity index is 1030. The molecule has 0 aliphatic rings. The first-order valence-electron chi connectivity index (χ1n) is 10.9. The van der Waals surface area contributed by atoms with E-state index >= 15 is 0 Å². The minimum Gasteiger partial charge on any atom is -0.508 e. The van der Waals surface area contributed by atoms with Gasteiger partial charge in [0, 0.05) is 24.7 Å². The number of rotatable bonds is 13. The van der Waals surface area contributed by atoms with Crippen molar-refractivity contribution in [2.24, 2.45) is 5.73 Å². The first kappa shape index (κ1) is 28.2. The summed E-state index contributed by atoms with van der Waals surface area (Å²) in [7, 11) is 0. The Morgan fingerprint density at radius 2 is 1.58 bits per heavy atom. The average molecular weight is 507 g/mol. The zero-order valence-electron chi connectivity index (χ0n) is 19.4. The molecule has 14 nitrogen and oxygen atoms in total. The van der Waals surface area contributed by atoms with Gasteiger partial charge in [-0.15, -0.1) is 0 Å². The van der Waals surface area contributed by atoms with E-state index < -0.39 is 60.6 Å². The lowest BCUT2D eigenvalue weighted by Gasteiger charge is -2.25. The van der Waals surface area contributed by atoms with Crippen molar-refractivity contribution in [1.82, 2.24) is 25.9 Å². The molecule has 5 atom stereocenters. The zero-order chi connectivity index (χ0) is 26.8. The molecular weight excluding hydrogens is 476 g/mol. The molecule has 0 radical (unpaired) electrons. The number of benzene rings is 1. The number of aromatic nitrogens is 2. The Morgan fingerprint density at radius 1 is 1.00 bits per heavy atom. The van der Waals surface area contributed by atoms with Crippen molar-refractivity contribution in [3.8, 4) is 5.75 Å². The highest BCUT2D eigenvalue weighted by atomic mass is 16.4. The minimum absolute atomic E-state index is 0.0219. The molecule has 14 heteroatoms. The number of amides is 3. The van der Waals surface area contributed by atoms with Crippen molar-refractivity contribution >= 4 is 23.7 Å². The predicted octanol–water partition coefficient (Wildman–Crippen LogP) is -2.86. The van der Waals surface area contributed by atoms with E-state index in [4.69, 9.17) is 10.8 Å². The molecule has 0 saturated heterocycles. The molecule has 1 aromatic carbocycles. The average Bonchev–Trinajstić information content (AvgIpc) is 3.34. The van der Waals surface area contributed by atoms with Gasteiger partial charge in [-0.05, 0) is 24.6 Å². The smallest absolute Gasteiger partial charge is 0.328 e. The summed E-state index contributed by atoms with van der Waals surface area (Å²) in [6.45, 7) is 0.527. The van der Waals surface area contributed by atoms with Crippen LogP contribution in [-0.4, -0.2) is 91.0 Å². The van der Waals surface area contributed by atoms with Crippen LogP contribution in [0.15, 0.2) is 36.8 Å². The Hall–Kier alpha value is -4.01. The maximum absolute atomic E-state index is 13.2. The Balaban J connectivity index is 2.29. The number of aliphatic hydroxyl groups is 2. The number of imidazole rings is 1. The Kier molecular flexibility index (Phi) is 10.3. The number of hydrogen-bond acceptors (Lipinski definition) is 9. The highest BCUT2D eigenvalue weighted by Crippen LogP contribution is 2.12. The maximum atomic E-state index is 13.2. The van der Waals surface area contributed by atoms with E-state index in [2.05, 4.69) is 25.9 Å². The first-order chi connectivity index (χ1) is 17.0. The monoisotopic (exact) mass is 506 g/mol. The molecule has 0 saturated carbocycles. The summed E-state index contributed by atoms with van der Waals surface area (Å²) in [5.74, 6) is -4.01. The summed E-state index contributed by atoms with van der Waals surface area (Å²) in [5.41, 5.74) is 6.54. The molecule has 2 aromatic rings. The number of carbonyl (C=O) groups is 4. The quantitative estimate of drug-likeness (QED) is 0.135. The van der Waals surface area contributed by atoms with Crippen LogP contribution in [0.1, 0.15) is 18.2 Å². The number of hydrogen-bond donors (Lipinski definition) is 9. The fraction of sp³-hybridized carbons (Fsp3) is 0.409. The van der Waals surface area contributed by atoms with E-state index in [0.717, 1.165) is 0 Å². The zero-order valence-corrected chi connectivity index (χ0v) is 19.4. The highest BCUT2D eigenvalue weighted by Gasteiger charge is 2.32. The van der Waals surface area contributed by atoms with Gasteiger partial charge in [0.05, 0.1) is 19.0 Å². The van der Waals surface area contributed by atoms with E-state index in [1.807, 2.05) is 0 Å². The van der Waals surface area contributed by atoms with Gasteiger partial charge < -0.3 is 47.1 Å². The third-order valence-electron chi connectivity index (χ3n) is 5.20. The highest BCUT2D eigenvalue weighted by molar-refractivity contribution is 5.94. The fourth-order valence-electron chi connectivity index (χ4n) is 3.18. The van der Waals surface area contributed by atoms with Gasteiger partial charge in [0.1, 0.15) is 23.9 Å². The summed E-state index contributed by atoms with van der Waals surface area (Å²) in [4.78, 5) is 56.5. The molecule has 0 bridgehead atoms. The van der Waals surface area contributed by atoms with Crippen LogP contribution >= 0.6 is 0 Å². The second-order valence-electron chi connectivity index (χ2n) is 8.13. The van der Waals surface area contributed by atoms with Crippen LogP contribution in [0.4, 0.5) is 0 Å². The van der Waals surface area contributed by atoms with Crippen LogP contribution in [0.5, 0.6) is 5.75 Å². The van der Waals surface area contributed by atoms with Crippen LogP contribution < -0.4 is 21.7 Å². The number of phenols is 1. The van der Waals surface area contributed by atoms with Crippen LogP contribution in [-0.2, 0) is 32.0 Å². The molecule has 196 valence electrons. The third-order valence-corrected chi connectivity index (χ3v) is 5.20. The molecule has 2 rings (SSSR count). The standard InChI is InChI=1S/C22H30N6O8/c1-11(30)18(22(35)36)28-21(34)16(6-12-2-4-14(31)5-3-12)27-20(33)17(7-13-8-24-10-25-13)26-19(32)15(23)9-29/h2-5,8,10-11,15-18,29-31H,6-7,9,23H2,1H3,(H,24,25)(H,26,32)(H,27,33)(H,28,34)(H,35,36). The number of nitrogens with one attached hydrogen (secondary N) is 4. The molecule has 36 heavy (non-hydrogen) atoms. The molecule has 3 amide bonds. The van der Waals surface area contributed by atoms with Gasteiger partial charge in [0.2, 0.25) is 17.7 Å². The fourth-order valence-corrected chi connectivity index (χ4v) is 3.18. The van der Waals surface area contributed by atoms with Crippen molar-refractivity contribution in [1.29, 1.82) is 0 Å². The molecule has 0 aliphatic carbocycles. The van der Waals surface area contributed by atoms with Crippen molar-refractivity contribution < 1.29 is 39.6 Å². The molecule has 5 unspecified atom stereocenters. The summed E-state index contributed by atoms with van der Waals surface area (Å²) in [6.07, 6.45) is 1.21. The summed E-state index contributed by atoms with van der Waals surface area (Å²) in [5, 5.41) is 44.8. The topological polar surface area (TPSA) is 240 Å². The van der Waals surface area contributed by atoms with Gasteiger partial charge in [-0.3, -0.25) is 14.4 Å². The van der Waals surface area contributed by atoms with Crippen molar-refractivity contribution in [2.75, 3.05) is 6.61 Å². The number of carbonyl (C=O) groups excluding carboxylic acids is 3. The molecule has 0 fully saturated rings. The molecule has 0 aliphatic heterocycles. The number of phenolic OH excluding ortho intramolecular Hbond substituents is 1. The number of aromatic amines is 1. The van der Waals surface area contributed by atoms with Gasteiger partial charge in [0.25, 0.3) is 0 Å². The van der Waals surface area contributed by atoms with Gasteiger partial charge in [-0.2, -0.15) is 0 Å². The number of carboxylic acids is 1. The van der Waals surface area contributed by atoms with Gasteiger partial charge in [0.15, 0.2) is 6.04 Å². The Morgan fingerprint density at radius 3 is 2.11 bits per heavy atom. The third kappa shape index (κ3) is 8.33. The van der Waals surface area contributed by atoms with E-state index in [-0.39, 0.29) is 18.6 Å². The summed E-state index contributed by atoms with van der Waals surface area (Å²) in [6, 6.07) is 0.275. The van der Waals surface area contributed by atoms with Crippen LogP contribution in [0.2, 0.25) is 0 Å². The first-order valence-corrected chi connectivity index (χ1v) is 10.9.